The Morgan fingerprint density at radius 3 is 0.846 bits per heavy atom. The van der Waals surface area contributed by atoms with Crippen LogP contribution in [-0.2, 0) is 14.4 Å². The van der Waals surface area contributed by atoms with E-state index in [1.807, 2.05) is 70.9 Å². The summed E-state index contributed by atoms with van der Waals surface area (Å²) in [6.07, 6.45) is 0. The number of aliphatic hydroxyl groups excluding tert-OH is 3. The summed E-state index contributed by atoms with van der Waals surface area (Å²) in [5.41, 5.74) is 8.32. The van der Waals surface area contributed by atoms with Crippen molar-refractivity contribution in [3.63, 3.8) is 0 Å². The van der Waals surface area contributed by atoms with Gasteiger partial charge in [-0.1, -0.05) is 91.0 Å². The molecule has 0 saturated carbocycles. The summed E-state index contributed by atoms with van der Waals surface area (Å²) in [6.45, 7) is -0.729. The highest BCUT2D eigenvalue weighted by Gasteiger charge is 2.19. The fourth-order valence-electron chi connectivity index (χ4n) is 3.38. The molecule has 0 aliphatic carbocycles. The van der Waals surface area contributed by atoms with Crippen LogP contribution in [0.5, 0.6) is 0 Å². The van der Waals surface area contributed by atoms with E-state index < -0.39 is 17.8 Å². The number of nitrogens with two attached hydrogens (primary N) is 3. The lowest BCUT2D eigenvalue weighted by Gasteiger charge is -2.11. The molecule has 0 bridgehead atoms. The van der Waals surface area contributed by atoms with E-state index in [-0.39, 0.29) is 37.5 Å². The highest BCUT2D eigenvalue weighted by molar-refractivity contribution is 5.84. The topological polar surface area (TPSA) is 226 Å². The van der Waals surface area contributed by atoms with Gasteiger partial charge in [0.15, 0.2) is 0 Å². The quantitative estimate of drug-likeness (QED) is 0.0944. The van der Waals surface area contributed by atoms with E-state index in [1.54, 1.807) is 36.4 Å². The van der Waals surface area contributed by atoms with Gasteiger partial charge in [-0.05, 0) is 16.7 Å². The van der Waals surface area contributed by atoms with Gasteiger partial charge in [-0.15, -0.1) is 0 Å². The third kappa shape index (κ3) is 11.0. The van der Waals surface area contributed by atoms with Crippen molar-refractivity contribution in [2.75, 3.05) is 19.8 Å². The van der Waals surface area contributed by atoms with Crippen LogP contribution in [0.25, 0.3) is 0 Å². The smallest absolute Gasteiger partial charge is 0.243 e. The van der Waals surface area contributed by atoms with Crippen molar-refractivity contribution in [2.45, 2.75) is 17.8 Å². The van der Waals surface area contributed by atoms with E-state index >= 15 is 0 Å². The normalized spacial score (nSPS) is 12.2. The molecule has 0 spiro atoms. The van der Waals surface area contributed by atoms with Crippen LogP contribution < -0.4 is 33.8 Å². The summed E-state index contributed by atoms with van der Waals surface area (Å²) >= 11 is 0. The standard InChI is InChI=1S/3C9H12N2O2/c3*10-11-9(13)8(6-12)7-4-2-1-3-5-7/h3*1-5,8,12H,6,10H2,(H,11,13). The Labute approximate surface area is 226 Å². The van der Waals surface area contributed by atoms with Crippen molar-refractivity contribution >= 4 is 17.7 Å². The molecule has 0 aromatic heterocycles. The Morgan fingerprint density at radius 2 is 0.692 bits per heavy atom. The molecular weight excluding hydrogens is 504 g/mol. The predicted octanol–water partition coefficient (Wildman–Crippen LogP) is -0.743. The molecule has 39 heavy (non-hydrogen) atoms. The van der Waals surface area contributed by atoms with Gasteiger partial charge in [0.25, 0.3) is 0 Å². The molecule has 3 unspecified atom stereocenters. The van der Waals surface area contributed by atoms with E-state index in [0.717, 1.165) is 16.7 Å². The molecule has 12 N–H and O–H groups in total. The zero-order valence-corrected chi connectivity index (χ0v) is 21.3. The van der Waals surface area contributed by atoms with Crippen LogP contribution in [0.2, 0.25) is 0 Å². The summed E-state index contributed by atoms with van der Waals surface area (Å²) < 4.78 is 0. The number of rotatable bonds is 9. The fraction of sp³-hybridized carbons (Fsp3) is 0.222. The Balaban J connectivity index is 0.000000292. The van der Waals surface area contributed by atoms with Gasteiger partial charge >= 0.3 is 0 Å². The lowest BCUT2D eigenvalue weighted by atomic mass is 10.00. The van der Waals surface area contributed by atoms with Crippen molar-refractivity contribution in [1.29, 1.82) is 0 Å². The maximum Gasteiger partial charge on any atom is 0.243 e. The van der Waals surface area contributed by atoms with Crippen LogP contribution in [0.1, 0.15) is 34.4 Å². The molecule has 0 saturated heterocycles. The average Bonchev–Trinajstić information content (AvgIpc) is 3.00. The molecule has 3 amide bonds. The van der Waals surface area contributed by atoms with Gasteiger partial charge in [-0.3, -0.25) is 30.7 Å². The van der Waals surface area contributed by atoms with Crippen molar-refractivity contribution in [1.82, 2.24) is 16.3 Å². The van der Waals surface area contributed by atoms with Gasteiger partial charge in [0.1, 0.15) is 0 Å². The molecule has 0 heterocycles. The Kier molecular flexibility index (Phi) is 16.0. The SMILES string of the molecule is NNC(=O)C(CO)c1ccccc1.NNC(=O)C(CO)c1ccccc1.NNC(=O)C(CO)c1ccccc1. The Bertz CT molecular complexity index is 964. The zero-order valence-electron chi connectivity index (χ0n) is 21.3. The predicted molar refractivity (Wildman–Crippen MR) is 146 cm³/mol. The number of hydrazine groups is 3. The maximum absolute atomic E-state index is 11.1. The monoisotopic (exact) mass is 540 g/mol. The minimum Gasteiger partial charge on any atom is -0.395 e. The van der Waals surface area contributed by atoms with E-state index in [2.05, 4.69) is 0 Å². The van der Waals surface area contributed by atoms with Crippen LogP contribution in [0.3, 0.4) is 0 Å². The molecule has 0 radical (unpaired) electrons. The summed E-state index contributed by atoms with van der Waals surface area (Å²) in [7, 11) is 0. The lowest BCUT2D eigenvalue weighted by Crippen LogP contribution is -2.36. The number of hydrogen-bond donors (Lipinski definition) is 9. The number of carbonyl (C=O) groups excluding carboxylic acids is 3. The van der Waals surface area contributed by atoms with Gasteiger partial charge < -0.3 is 15.3 Å². The second-order valence-corrected chi connectivity index (χ2v) is 7.96. The Morgan fingerprint density at radius 1 is 0.487 bits per heavy atom. The van der Waals surface area contributed by atoms with Gasteiger partial charge in [-0.25, -0.2) is 17.5 Å². The first-order valence-electron chi connectivity index (χ1n) is 11.9. The number of carbonyl (C=O) groups is 3. The van der Waals surface area contributed by atoms with Crippen LogP contribution in [0.4, 0.5) is 0 Å². The summed E-state index contributed by atoms with van der Waals surface area (Å²) in [4.78, 5) is 33.4. The molecule has 3 aromatic carbocycles. The minimum atomic E-state index is -0.578. The van der Waals surface area contributed by atoms with Crippen molar-refractivity contribution in [3.8, 4) is 0 Å². The molecule has 3 rings (SSSR count). The lowest BCUT2D eigenvalue weighted by molar-refractivity contribution is -0.124. The molecule has 0 fully saturated rings. The van der Waals surface area contributed by atoms with Crippen LogP contribution in [0, 0.1) is 0 Å². The average molecular weight is 541 g/mol. The van der Waals surface area contributed by atoms with Crippen LogP contribution in [0.15, 0.2) is 91.0 Å². The van der Waals surface area contributed by atoms with Gasteiger partial charge in [-0.2, -0.15) is 0 Å². The largest absolute Gasteiger partial charge is 0.395 e. The molecule has 0 aliphatic rings. The van der Waals surface area contributed by atoms with Crippen molar-refractivity contribution < 1.29 is 29.7 Å². The fourth-order valence-corrected chi connectivity index (χ4v) is 3.38. The first-order valence-corrected chi connectivity index (χ1v) is 11.9. The second-order valence-electron chi connectivity index (χ2n) is 7.96. The summed E-state index contributed by atoms with van der Waals surface area (Å²) in [5, 5.41) is 26.9. The number of nitrogens with one attached hydrogen (secondary N) is 3. The minimum absolute atomic E-state index is 0.243. The number of amides is 3. The highest BCUT2D eigenvalue weighted by atomic mass is 16.3. The number of aliphatic hydroxyl groups is 3. The van der Waals surface area contributed by atoms with E-state index in [1.165, 1.54) is 0 Å². The third-order valence-electron chi connectivity index (χ3n) is 5.53. The molecule has 3 atom stereocenters. The first-order chi connectivity index (χ1) is 18.9. The van der Waals surface area contributed by atoms with Gasteiger partial charge in [0.2, 0.25) is 17.7 Å². The van der Waals surface area contributed by atoms with Gasteiger partial charge in [0, 0.05) is 0 Å². The summed E-state index contributed by atoms with van der Waals surface area (Å²) in [5.74, 6) is 12.1. The molecule has 3 aromatic rings. The Hall–Kier alpha value is -4.17. The summed E-state index contributed by atoms with van der Waals surface area (Å²) in [6, 6.07) is 27.0. The van der Waals surface area contributed by atoms with Gasteiger partial charge in [0.05, 0.1) is 37.6 Å². The number of benzene rings is 3. The number of hydrogen-bond acceptors (Lipinski definition) is 9. The highest BCUT2D eigenvalue weighted by Crippen LogP contribution is 2.15. The first kappa shape index (κ1) is 32.9. The molecule has 12 nitrogen and oxygen atoms in total. The van der Waals surface area contributed by atoms with Crippen molar-refractivity contribution in [3.05, 3.63) is 108 Å². The van der Waals surface area contributed by atoms with E-state index in [0.29, 0.717) is 0 Å². The maximum atomic E-state index is 11.1. The van der Waals surface area contributed by atoms with E-state index in [9.17, 15) is 14.4 Å². The molecule has 12 heteroatoms. The molecular formula is C27H36N6O6. The van der Waals surface area contributed by atoms with Crippen molar-refractivity contribution in [2.24, 2.45) is 17.5 Å². The zero-order chi connectivity index (χ0) is 29.0. The van der Waals surface area contributed by atoms with Crippen LogP contribution in [-0.4, -0.2) is 52.9 Å². The molecule has 210 valence electrons. The third-order valence-corrected chi connectivity index (χ3v) is 5.53. The second kappa shape index (κ2) is 19.0. The molecule has 0 aliphatic heterocycles. The van der Waals surface area contributed by atoms with Crippen LogP contribution >= 0.6 is 0 Å². The van der Waals surface area contributed by atoms with E-state index in [4.69, 9.17) is 32.8 Å².